The van der Waals surface area contributed by atoms with Crippen LogP contribution in [0.15, 0.2) is 24.3 Å². The van der Waals surface area contributed by atoms with Crippen LogP contribution in [0.2, 0.25) is 0 Å². The number of nitriles is 1. The Morgan fingerprint density at radius 1 is 1.33 bits per heavy atom. The summed E-state index contributed by atoms with van der Waals surface area (Å²) in [6.07, 6.45) is 2.01. The first kappa shape index (κ1) is 14.5. The Hall–Kier alpha value is -1.53. The third-order valence-corrected chi connectivity index (χ3v) is 2.85. The minimum absolute atomic E-state index is 0.0198. The third-order valence-electron chi connectivity index (χ3n) is 2.68. The van der Waals surface area contributed by atoms with E-state index >= 15 is 0 Å². The molecule has 0 saturated carbocycles. The zero-order valence-corrected chi connectivity index (χ0v) is 11.3. The van der Waals surface area contributed by atoms with Gasteiger partial charge in [0.1, 0.15) is 0 Å². The number of halogens is 1. The topological polar surface area (TPSA) is 44.1 Å². The van der Waals surface area contributed by atoms with Crippen LogP contribution in [0.5, 0.6) is 0 Å². The molecule has 18 heavy (non-hydrogen) atoms. The van der Waals surface area contributed by atoms with Gasteiger partial charge in [-0.05, 0) is 30.7 Å². The van der Waals surface area contributed by atoms with Crippen molar-refractivity contribution in [2.24, 2.45) is 0 Å². The molecule has 0 spiro atoms. The number of rotatable bonds is 6. The van der Waals surface area contributed by atoms with Crippen LogP contribution in [-0.4, -0.2) is 29.8 Å². The van der Waals surface area contributed by atoms with Gasteiger partial charge in [0.25, 0.3) is 5.91 Å². The first-order valence-electron chi connectivity index (χ1n) is 6.08. The van der Waals surface area contributed by atoms with Crippen molar-refractivity contribution in [3.63, 3.8) is 0 Å². The number of hydrogen-bond donors (Lipinski definition) is 0. The van der Waals surface area contributed by atoms with Crippen LogP contribution in [0.25, 0.3) is 0 Å². The quantitative estimate of drug-likeness (QED) is 0.742. The number of carbonyl (C=O) groups excluding carboxylic acids is 1. The van der Waals surface area contributed by atoms with Gasteiger partial charge in [0.05, 0.1) is 11.6 Å². The molecule has 0 bridgehead atoms. The summed E-state index contributed by atoms with van der Waals surface area (Å²) in [6, 6.07) is 8.73. The largest absolute Gasteiger partial charge is 0.337 e. The molecule has 0 N–H and O–H groups in total. The van der Waals surface area contributed by atoms with E-state index in [-0.39, 0.29) is 5.91 Å². The van der Waals surface area contributed by atoms with E-state index in [1.807, 2.05) is 6.07 Å². The van der Waals surface area contributed by atoms with Crippen LogP contribution in [0, 0.1) is 11.3 Å². The molecular weight excluding hydrogens is 248 g/mol. The molecule has 0 atom stereocenters. The number of unbranched alkanes of at least 4 members (excludes halogenated alkanes) is 1. The number of nitrogens with zero attached hydrogens (tertiary/aromatic N) is 2. The molecule has 1 aromatic rings. The van der Waals surface area contributed by atoms with E-state index in [1.54, 1.807) is 29.2 Å². The molecule has 0 aliphatic rings. The Kier molecular flexibility index (Phi) is 6.24. The molecule has 1 rings (SSSR count). The first-order chi connectivity index (χ1) is 8.72. The van der Waals surface area contributed by atoms with E-state index in [4.69, 9.17) is 16.9 Å². The predicted octanol–water partition coefficient (Wildman–Crippen LogP) is 3.04. The fourth-order valence-electron chi connectivity index (χ4n) is 1.64. The summed E-state index contributed by atoms with van der Waals surface area (Å²) in [5.74, 6) is 0.416. The van der Waals surface area contributed by atoms with Crippen molar-refractivity contribution in [1.82, 2.24) is 4.90 Å². The van der Waals surface area contributed by atoms with Crippen molar-refractivity contribution >= 4 is 17.5 Å². The lowest BCUT2D eigenvalue weighted by molar-refractivity contribution is 0.0763. The molecular formula is C14H17ClN2O. The summed E-state index contributed by atoms with van der Waals surface area (Å²) < 4.78 is 0. The predicted molar refractivity (Wildman–Crippen MR) is 72.7 cm³/mol. The first-order valence-corrected chi connectivity index (χ1v) is 6.61. The van der Waals surface area contributed by atoms with Crippen LogP contribution in [0.4, 0.5) is 0 Å². The summed E-state index contributed by atoms with van der Waals surface area (Å²) in [5.41, 5.74) is 1.17. The highest BCUT2D eigenvalue weighted by atomic mass is 35.5. The maximum absolute atomic E-state index is 12.2. The molecule has 1 amide bonds. The van der Waals surface area contributed by atoms with Gasteiger partial charge < -0.3 is 4.90 Å². The number of carbonyl (C=O) groups is 1. The zero-order valence-electron chi connectivity index (χ0n) is 10.5. The van der Waals surface area contributed by atoms with Crippen LogP contribution in [-0.2, 0) is 0 Å². The highest BCUT2D eigenvalue weighted by Gasteiger charge is 2.14. The maximum Gasteiger partial charge on any atom is 0.253 e. The number of amides is 1. The second-order valence-corrected chi connectivity index (χ2v) is 4.40. The Morgan fingerprint density at radius 2 is 2.00 bits per heavy atom. The van der Waals surface area contributed by atoms with Crippen molar-refractivity contribution in [3.05, 3.63) is 35.4 Å². The van der Waals surface area contributed by atoms with Crippen LogP contribution in [0.1, 0.15) is 35.7 Å². The van der Waals surface area contributed by atoms with E-state index < -0.39 is 0 Å². The molecule has 0 saturated heterocycles. The van der Waals surface area contributed by atoms with Crippen molar-refractivity contribution < 1.29 is 4.79 Å². The molecule has 1 aromatic carbocycles. The molecule has 0 fully saturated rings. The lowest BCUT2D eigenvalue weighted by Gasteiger charge is -2.21. The normalized spacial score (nSPS) is 9.83. The molecule has 0 heterocycles. The summed E-state index contributed by atoms with van der Waals surface area (Å²) in [5, 5.41) is 8.71. The average Bonchev–Trinajstić information content (AvgIpc) is 2.43. The summed E-state index contributed by atoms with van der Waals surface area (Å²) >= 11 is 5.72. The van der Waals surface area contributed by atoms with E-state index in [9.17, 15) is 4.79 Å². The minimum atomic E-state index is -0.0198. The van der Waals surface area contributed by atoms with Crippen LogP contribution < -0.4 is 0 Å². The minimum Gasteiger partial charge on any atom is -0.337 e. The molecule has 0 aliphatic heterocycles. The molecule has 3 nitrogen and oxygen atoms in total. The highest BCUT2D eigenvalue weighted by Crippen LogP contribution is 2.08. The number of hydrogen-bond acceptors (Lipinski definition) is 2. The summed E-state index contributed by atoms with van der Waals surface area (Å²) in [4.78, 5) is 14.0. The molecule has 0 unspecified atom stereocenters. The molecule has 0 aromatic heterocycles. The van der Waals surface area contributed by atoms with Gasteiger partial charge in [-0.15, -0.1) is 11.6 Å². The molecule has 0 aliphatic carbocycles. The average molecular weight is 265 g/mol. The Bertz CT molecular complexity index is 422. The molecule has 96 valence electrons. The Morgan fingerprint density at radius 3 is 2.50 bits per heavy atom. The lowest BCUT2D eigenvalue weighted by Crippen LogP contribution is -2.33. The van der Waals surface area contributed by atoms with Crippen molar-refractivity contribution in [3.8, 4) is 6.07 Å². The van der Waals surface area contributed by atoms with E-state index in [1.165, 1.54) is 0 Å². The van der Waals surface area contributed by atoms with Gasteiger partial charge in [-0.3, -0.25) is 4.79 Å². The number of benzene rings is 1. The van der Waals surface area contributed by atoms with Crippen LogP contribution >= 0.6 is 11.6 Å². The molecule has 4 heteroatoms. The van der Waals surface area contributed by atoms with E-state index in [0.717, 1.165) is 19.4 Å². The van der Waals surface area contributed by atoms with E-state index in [0.29, 0.717) is 23.6 Å². The highest BCUT2D eigenvalue weighted by molar-refractivity contribution is 6.18. The second-order valence-electron chi connectivity index (χ2n) is 4.02. The monoisotopic (exact) mass is 264 g/mol. The van der Waals surface area contributed by atoms with Crippen LogP contribution in [0.3, 0.4) is 0 Å². The third kappa shape index (κ3) is 4.05. The van der Waals surface area contributed by atoms with Crippen molar-refractivity contribution in [2.45, 2.75) is 19.8 Å². The second kappa shape index (κ2) is 7.73. The van der Waals surface area contributed by atoms with Gasteiger partial charge in [-0.2, -0.15) is 5.26 Å². The van der Waals surface area contributed by atoms with Gasteiger partial charge in [0.2, 0.25) is 0 Å². The van der Waals surface area contributed by atoms with E-state index in [2.05, 4.69) is 6.92 Å². The van der Waals surface area contributed by atoms with Gasteiger partial charge >= 0.3 is 0 Å². The molecule has 0 radical (unpaired) electrons. The maximum atomic E-state index is 12.2. The SMILES string of the molecule is CCCCN(CCCl)C(=O)c1ccc(C#N)cc1. The van der Waals surface area contributed by atoms with Gasteiger partial charge in [0, 0.05) is 24.5 Å². The summed E-state index contributed by atoms with van der Waals surface area (Å²) in [7, 11) is 0. The number of alkyl halides is 1. The summed E-state index contributed by atoms with van der Waals surface area (Å²) in [6.45, 7) is 3.37. The Labute approximate surface area is 113 Å². The van der Waals surface area contributed by atoms with Crippen molar-refractivity contribution in [2.75, 3.05) is 19.0 Å². The van der Waals surface area contributed by atoms with Gasteiger partial charge in [-0.1, -0.05) is 13.3 Å². The van der Waals surface area contributed by atoms with Crippen molar-refractivity contribution in [1.29, 1.82) is 5.26 Å². The fourth-order valence-corrected chi connectivity index (χ4v) is 1.84. The Balaban J connectivity index is 2.77. The van der Waals surface area contributed by atoms with Gasteiger partial charge in [-0.25, -0.2) is 0 Å². The fraction of sp³-hybridized carbons (Fsp3) is 0.429. The smallest absolute Gasteiger partial charge is 0.253 e. The zero-order chi connectivity index (χ0) is 13.4. The van der Waals surface area contributed by atoms with Gasteiger partial charge in [0.15, 0.2) is 0 Å². The standard InChI is InChI=1S/C14H17ClN2O/c1-2-3-9-17(10-8-15)14(18)13-6-4-12(11-16)5-7-13/h4-7H,2-3,8-10H2,1H3. The lowest BCUT2D eigenvalue weighted by atomic mass is 10.1.